The summed E-state index contributed by atoms with van der Waals surface area (Å²) in [6, 6.07) is 40.5. The smallest absolute Gasteiger partial charge is 0.165 e. The van der Waals surface area contributed by atoms with E-state index in [-0.39, 0.29) is 0 Å². The molecule has 0 saturated heterocycles. The Morgan fingerprint density at radius 2 is 1.05 bits per heavy atom. The summed E-state index contributed by atoms with van der Waals surface area (Å²) in [6.45, 7) is 5.13. The van der Waals surface area contributed by atoms with Crippen molar-refractivity contribution in [2.24, 2.45) is 0 Å². The van der Waals surface area contributed by atoms with Crippen LogP contribution < -0.4 is 30.0 Å². The molecule has 14 nitrogen and oxygen atoms in total. The van der Waals surface area contributed by atoms with Crippen molar-refractivity contribution in [1.29, 1.82) is 5.26 Å². The maximum Gasteiger partial charge on any atom is 0.165 e. The van der Waals surface area contributed by atoms with Gasteiger partial charge in [0.25, 0.3) is 0 Å². The van der Waals surface area contributed by atoms with Gasteiger partial charge in [0.15, 0.2) is 22.9 Å². The van der Waals surface area contributed by atoms with Crippen LogP contribution in [0, 0.1) is 25.2 Å². The van der Waals surface area contributed by atoms with Gasteiger partial charge in [0, 0.05) is 36.4 Å². The minimum Gasteiger partial charge on any atom is -0.497 e. The molecule has 0 radical (unpaired) electrons. The van der Waals surface area contributed by atoms with E-state index in [1.165, 1.54) is 5.56 Å². The Balaban J connectivity index is 0.000000176. The van der Waals surface area contributed by atoms with Crippen LogP contribution in [-0.2, 0) is 13.1 Å². The van der Waals surface area contributed by atoms with Gasteiger partial charge in [-0.05, 0) is 85.6 Å². The number of aryl methyl sites for hydroxylation is 2. The number of nitrogens with one attached hydrogen (secondary N) is 1. The predicted octanol–water partition coefficient (Wildman–Crippen LogP) is 9.77. The first-order chi connectivity index (χ1) is 30.3. The van der Waals surface area contributed by atoms with E-state index in [0.717, 1.165) is 39.3 Å². The van der Waals surface area contributed by atoms with E-state index in [1.807, 2.05) is 122 Å². The molecular weight excluding hydrogens is 781 g/mol. The Morgan fingerprint density at radius 3 is 1.56 bits per heavy atom. The molecule has 0 saturated carbocycles. The highest BCUT2D eigenvalue weighted by molar-refractivity contribution is 5.95. The van der Waals surface area contributed by atoms with Gasteiger partial charge in [-0.15, -0.1) is 0 Å². The van der Waals surface area contributed by atoms with Gasteiger partial charge in [-0.1, -0.05) is 59.7 Å². The molecule has 3 N–H and O–H groups in total. The molecule has 9 aromatic rings. The second-order valence-electron chi connectivity index (χ2n) is 14.3. The van der Waals surface area contributed by atoms with Gasteiger partial charge in [-0.3, -0.25) is 0 Å². The highest BCUT2D eigenvalue weighted by atomic mass is 16.5. The van der Waals surface area contributed by atoms with Gasteiger partial charge < -0.3 is 30.0 Å². The van der Waals surface area contributed by atoms with Crippen molar-refractivity contribution in [3.8, 4) is 40.6 Å². The average Bonchev–Trinajstić information content (AvgIpc) is 3.82. The maximum absolute atomic E-state index is 9.23. The minimum absolute atomic E-state index is 0.311. The van der Waals surface area contributed by atoms with Gasteiger partial charge in [0.05, 0.1) is 27.3 Å². The van der Waals surface area contributed by atoms with Crippen LogP contribution in [0.4, 0.5) is 17.3 Å². The van der Waals surface area contributed by atoms with E-state index in [0.29, 0.717) is 70.0 Å². The molecule has 0 amide bonds. The zero-order valence-electron chi connectivity index (χ0n) is 34.5. The number of ether oxygens (including phenoxy) is 4. The highest BCUT2D eigenvalue weighted by Crippen LogP contribution is 2.36. The van der Waals surface area contributed by atoms with Crippen LogP contribution in [0.5, 0.6) is 34.5 Å². The lowest BCUT2D eigenvalue weighted by atomic mass is 10.2. The van der Waals surface area contributed by atoms with E-state index < -0.39 is 0 Å². The molecule has 0 atom stereocenters. The second-order valence-corrected chi connectivity index (χ2v) is 14.3. The third kappa shape index (κ3) is 9.22. The van der Waals surface area contributed by atoms with Gasteiger partial charge in [0.2, 0.25) is 0 Å². The fraction of sp³-hybridized carbons (Fsp3) is 0.125. The summed E-state index contributed by atoms with van der Waals surface area (Å²) in [6.07, 6.45) is 5.00. The number of anilines is 3. The fourth-order valence-electron chi connectivity index (χ4n) is 6.63. The lowest BCUT2D eigenvalue weighted by Crippen LogP contribution is -2.03. The molecule has 0 aliphatic heterocycles. The number of hydrogen-bond acceptors (Lipinski definition) is 12. The fourth-order valence-corrected chi connectivity index (χ4v) is 6.63. The first-order valence-corrected chi connectivity index (χ1v) is 19.6. The van der Waals surface area contributed by atoms with Crippen LogP contribution in [-0.4, -0.2) is 48.7 Å². The van der Waals surface area contributed by atoms with E-state index in [2.05, 4.69) is 31.4 Å². The summed E-state index contributed by atoms with van der Waals surface area (Å²) in [5, 5.41) is 23.3. The Hall–Kier alpha value is -8.44. The van der Waals surface area contributed by atoms with Gasteiger partial charge in [-0.25, -0.2) is 24.3 Å². The number of nitrogens with two attached hydrogens (primary N) is 1. The number of hydrogen-bond donors (Lipinski definition) is 2. The van der Waals surface area contributed by atoms with Crippen molar-refractivity contribution in [3.63, 3.8) is 0 Å². The number of benzene rings is 4. The Kier molecular flexibility index (Phi) is 11.9. The lowest BCUT2D eigenvalue weighted by Gasteiger charge is -2.09. The largest absolute Gasteiger partial charge is 0.497 e. The van der Waals surface area contributed by atoms with E-state index in [4.69, 9.17) is 29.8 Å². The molecule has 14 heteroatoms. The number of nitrogens with zero attached hydrogens (tertiary/aromatic N) is 8. The first kappa shape index (κ1) is 40.3. The van der Waals surface area contributed by atoms with Crippen LogP contribution in [0.25, 0.3) is 22.1 Å². The van der Waals surface area contributed by atoms with Crippen LogP contribution in [0.1, 0.15) is 27.9 Å². The van der Waals surface area contributed by atoms with Crippen molar-refractivity contribution >= 4 is 39.4 Å². The average molecular weight is 823 g/mol. The van der Waals surface area contributed by atoms with Crippen molar-refractivity contribution in [1.82, 2.24) is 34.5 Å². The quantitative estimate of drug-likeness (QED) is 0.120. The van der Waals surface area contributed by atoms with E-state index in [1.54, 1.807) is 55.7 Å². The maximum atomic E-state index is 9.23. The van der Waals surface area contributed by atoms with Crippen molar-refractivity contribution in [3.05, 3.63) is 168 Å². The van der Waals surface area contributed by atoms with Crippen LogP contribution in [0.2, 0.25) is 0 Å². The zero-order valence-corrected chi connectivity index (χ0v) is 34.5. The summed E-state index contributed by atoms with van der Waals surface area (Å²) in [5.74, 6) is 5.30. The number of pyridine rings is 3. The number of rotatable bonds is 12. The first-order valence-electron chi connectivity index (χ1n) is 19.6. The van der Waals surface area contributed by atoms with Crippen LogP contribution in [0.15, 0.2) is 140 Å². The monoisotopic (exact) mass is 822 g/mol. The number of nitriles is 1. The number of methoxy groups -OCH3 is 2. The molecule has 0 unspecified atom stereocenters. The SMILES string of the molecule is COc1ccc(Cn2nc(N)c3c(Oc4ccc(C)cc4)ccnc32)cc1.COc1ccc(Cn2nc(Nc3ccnc(C#N)c3)c3c(Oc4ccc(C)cc4)ccnc32)cc1. The van der Waals surface area contributed by atoms with Gasteiger partial charge >= 0.3 is 0 Å². The Morgan fingerprint density at radius 1 is 0.581 bits per heavy atom. The molecule has 0 fully saturated rings. The van der Waals surface area contributed by atoms with Crippen molar-refractivity contribution < 1.29 is 18.9 Å². The predicted molar refractivity (Wildman–Crippen MR) is 238 cm³/mol. The summed E-state index contributed by atoms with van der Waals surface area (Å²) in [4.78, 5) is 13.1. The number of fused-ring (bicyclic) bond motifs is 2. The molecular formula is C48H42N10O4. The van der Waals surface area contributed by atoms with Crippen LogP contribution >= 0.6 is 0 Å². The topological polar surface area (TPSA) is 173 Å². The molecule has 4 aromatic carbocycles. The van der Waals surface area contributed by atoms with E-state index >= 15 is 0 Å². The molecule has 0 aliphatic carbocycles. The van der Waals surface area contributed by atoms with Gasteiger partial charge in [-0.2, -0.15) is 15.5 Å². The molecule has 9 rings (SSSR count). The van der Waals surface area contributed by atoms with Crippen LogP contribution in [0.3, 0.4) is 0 Å². The normalized spacial score (nSPS) is 10.8. The van der Waals surface area contributed by atoms with Crippen molar-refractivity contribution in [2.75, 3.05) is 25.3 Å². The third-order valence-electron chi connectivity index (χ3n) is 9.83. The minimum atomic E-state index is 0.311. The zero-order chi connectivity index (χ0) is 43.0. The molecule has 5 aromatic heterocycles. The molecule has 308 valence electrons. The van der Waals surface area contributed by atoms with Crippen molar-refractivity contribution in [2.45, 2.75) is 26.9 Å². The highest BCUT2D eigenvalue weighted by Gasteiger charge is 2.19. The molecule has 0 spiro atoms. The lowest BCUT2D eigenvalue weighted by molar-refractivity contribution is 0.414. The Labute approximate surface area is 357 Å². The third-order valence-corrected chi connectivity index (χ3v) is 9.83. The standard InChI is InChI=1S/C27H22N6O2.C21H20N4O2/c1-18-3-7-23(8-4-18)35-24-12-14-30-27-25(24)26(31-20-11-13-29-21(15-20)16-28)32-33(27)17-19-5-9-22(34-2)10-6-19;1-14-3-7-17(8-4-14)27-18-11-12-23-21-19(18)20(22)24-25(21)13-15-5-9-16(26-2)10-6-15/h3-15H,17H2,1-2H3,(H,29,31,32);3-12H,13H2,1-2H3,(H2,22,24). The number of nitrogen functional groups attached to an aromatic ring is 1. The summed E-state index contributed by atoms with van der Waals surface area (Å²) in [5.41, 5.74) is 13.0. The second kappa shape index (κ2) is 18.2. The van der Waals surface area contributed by atoms with E-state index in [9.17, 15) is 5.26 Å². The summed E-state index contributed by atoms with van der Waals surface area (Å²) >= 11 is 0. The molecule has 5 heterocycles. The molecule has 0 aliphatic rings. The molecule has 62 heavy (non-hydrogen) atoms. The molecule has 0 bridgehead atoms. The Bertz CT molecular complexity index is 2990. The number of aromatic nitrogens is 7. The van der Waals surface area contributed by atoms with Gasteiger partial charge in [0.1, 0.15) is 57.0 Å². The summed E-state index contributed by atoms with van der Waals surface area (Å²) < 4.78 is 26.4. The summed E-state index contributed by atoms with van der Waals surface area (Å²) in [7, 11) is 3.29.